The standard InChI is InChI=1S/C40H68O6/c1-4-5-6-7-8-9-10-11-14-17-20-23-26-30-37(42)31-28-33-40(44)46-38(34-41)35-45-39(43)32-27-24-21-18-15-12-13-16-19-22-25-29-36(2)3/h5-6,8-9,11,14,20,23,26,30,36-38,41-42H,4,7,10,12-13,15-19,21-22,24-25,27-29,31-35H2,1-3H3/b6-5-,9-8-,14-11-,23-20-,30-26+/t37?,38-/m0/s1. The number of hydrogen-bond acceptors (Lipinski definition) is 6. The van der Waals surface area contributed by atoms with Crippen LogP contribution in [0, 0.1) is 5.92 Å². The number of carbonyl (C=O) groups is 2. The summed E-state index contributed by atoms with van der Waals surface area (Å²) >= 11 is 0. The van der Waals surface area contributed by atoms with Crippen LogP contribution in [-0.4, -0.2) is 47.6 Å². The van der Waals surface area contributed by atoms with Gasteiger partial charge in [-0.2, -0.15) is 0 Å². The molecule has 0 rings (SSSR count). The topological polar surface area (TPSA) is 93.1 Å². The molecule has 2 N–H and O–H groups in total. The third kappa shape index (κ3) is 32.9. The average molecular weight is 645 g/mol. The van der Waals surface area contributed by atoms with Crippen LogP contribution in [0.3, 0.4) is 0 Å². The van der Waals surface area contributed by atoms with Crippen molar-refractivity contribution in [2.24, 2.45) is 5.92 Å². The molecule has 0 aromatic rings. The van der Waals surface area contributed by atoms with Crippen LogP contribution in [0.5, 0.6) is 0 Å². The van der Waals surface area contributed by atoms with E-state index in [1.165, 1.54) is 57.8 Å². The fourth-order valence-electron chi connectivity index (χ4n) is 4.82. The number of aliphatic hydroxyl groups is 2. The molecule has 0 aliphatic rings. The zero-order valence-corrected chi connectivity index (χ0v) is 29.6. The summed E-state index contributed by atoms with van der Waals surface area (Å²) in [4.78, 5) is 24.2. The number of ether oxygens (including phenoxy) is 2. The van der Waals surface area contributed by atoms with Crippen LogP contribution in [0.15, 0.2) is 60.8 Å². The Labute approximate surface area is 282 Å². The molecule has 6 heteroatoms. The number of allylic oxidation sites excluding steroid dienone is 9. The van der Waals surface area contributed by atoms with Gasteiger partial charge in [0.05, 0.1) is 12.7 Å². The Balaban J connectivity index is 3.80. The number of aliphatic hydroxyl groups excluding tert-OH is 2. The van der Waals surface area contributed by atoms with E-state index in [0.29, 0.717) is 19.3 Å². The molecule has 2 atom stereocenters. The summed E-state index contributed by atoms with van der Waals surface area (Å²) in [5.41, 5.74) is 0. The summed E-state index contributed by atoms with van der Waals surface area (Å²) < 4.78 is 10.5. The summed E-state index contributed by atoms with van der Waals surface area (Å²) in [6.07, 6.45) is 38.8. The van der Waals surface area contributed by atoms with Crippen molar-refractivity contribution in [1.29, 1.82) is 0 Å². The molecule has 0 saturated carbocycles. The van der Waals surface area contributed by atoms with Gasteiger partial charge in [-0.15, -0.1) is 0 Å². The van der Waals surface area contributed by atoms with E-state index in [1.807, 2.05) is 18.2 Å². The minimum atomic E-state index is -0.866. The highest BCUT2D eigenvalue weighted by Gasteiger charge is 2.16. The molecule has 46 heavy (non-hydrogen) atoms. The van der Waals surface area contributed by atoms with Crippen LogP contribution in [0.4, 0.5) is 0 Å². The Hall–Kier alpha value is -2.44. The highest BCUT2D eigenvalue weighted by Crippen LogP contribution is 2.14. The zero-order chi connectivity index (χ0) is 33.9. The minimum Gasteiger partial charge on any atom is -0.462 e. The van der Waals surface area contributed by atoms with Gasteiger partial charge in [-0.1, -0.05) is 152 Å². The van der Waals surface area contributed by atoms with Crippen molar-refractivity contribution in [1.82, 2.24) is 0 Å². The molecular weight excluding hydrogens is 576 g/mol. The molecule has 264 valence electrons. The fraction of sp³-hybridized carbons (Fsp3) is 0.700. The molecule has 0 aliphatic carbocycles. The molecule has 0 aromatic carbocycles. The normalized spacial score (nSPS) is 13.7. The van der Waals surface area contributed by atoms with E-state index in [4.69, 9.17) is 9.47 Å². The Bertz CT molecular complexity index is 854. The summed E-state index contributed by atoms with van der Waals surface area (Å²) in [7, 11) is 0. The van der Waals surface area contributed by atoms with E-state index >= 15 is 0 Å². The van der Waals surface area contributed by atoms with Gasteiger partial charge >= 0.3 is 11.9 Å². The third-order valence-electron chi connectivity index (χ3n) is 7.61. The van der Waals surface area contributed by atoms with Gasteiger partial charge in [-0.3, -0.25) is 9.59 Å². The number of hydrogen-bond donors (Lipinski definition) is 2. The SMILES string of the molecule is CC/C=C\C/C=C\C/C=C\C/C=C\C=C\C(O)CCCC(=O)O[C@@H](CO)COC(=O)CCCCCCCCCCCCCC(C)C. The molecule has 0 saturated heterocycles. The Morgan fingerprint density at radius 3 is 1.72 bits per heavy atom. The van der Waals surface area contributed by atoms with Crippen molar-refractivity contribution < 1.29 is 29.3 Å². The van der Waals surface area contributed by atoms with Gasteiger partial charge in [0.15, 0.2) is 6.10 Å². The van der Waals surface area contributed by atoms with E-state index in [9.17, 15) is 19.8 Å². The van der Waals surface area contributed by atoms with Crippen LogP contribution in [0.2, 0.25) is 0 Å². The monoisotopic (exact) mass is 645 g/mol. The molecule has 0 aromatic heterocycles. The van der Waals surface area contributed by atoms with Crippen LogP contribution < -0.4 is 0 Å². The lowest BCUT2D eigenvalue weighted by molar-refractivity contribution is -0.161. The highest BCUT2D eigenvalue weighted by molar-refractivity contribution is 5.70. The maximum absolute atomic E-state index is 12.1. The van der Waals surface area contributed by atoms with Crippen molar-refractivity contribution in [3.8, 4) is 0 Å². The molecule has 0 amide bonds. The number of rotatable bonds is 31. The second kappa shape index (κ2) is 33.9. The summed E-state index contributed by atoms with van der Waals surface area (Å²) in [6, 6.07) is 0. The van der Waals surface area contributed by atoms with Gasteiger partial charge in [0.2, 0.25) is 0 Å². The van der Waals surface area contributed by atoms with Crippen LogP contribution >= 0.6 is 0 Å². The van der Waals surface area contributed by atoms with E-state index in [0.717, 1.165) is 50.9 Å². The second-order valence-electron chi connectivity index (χ2n) is 12.6. The van der Waals surface area contributed by atoms with Gasteiger partial charge < -0.3 is 19.7 Å². The molecule has 0 radical (unpaired) electrons. The first-order valence-electron chi connectivity index (χ1n) is 18.3. The van der Waals surface area contributed by atoms with Gasteiger partial charge in [0.25, 0.3) is 0 Å². The van der Waals surface area contributed by atoms with Crippen LogP contribution in [-0.2, 0) is 19.1 Å². The summed E-state index contributed by atoms with van der Waals surface area (Å²) in [5.74, 6) is 0.0230. The second-order valence-corrected chi connectivity index (χ2v) is 12.6. The number of unbranched alkanes of at least 4 members (excludes halogenated alkanes) is 10. The predicted molar refractivity (Wildman–Crippen MR) is 192 cm³/mol. The van der Waals surface area contributed by atoms with Gasteiger partial charge in [0.1, 0.15) is 6.61 Å². The Morgan fingerprint density at radius 1 is 0.630 bits per heavy atom. The first-order valence-corrected chi connectivity index (χ1v) is 18.3. The lowest BCUT2D eigenvalue weighted by atomic mass is 10.0. The average Bonchev–Trinajstić information content (AvgIpc) is 3.03. The molecule has 0 heterocycles. The molecule has 0 bridgehead atoms. The number of carbonyl (C=O) groups excluding carboxylic acids is 2. The minimum absolute atomic E-state index is 0.123. The zero-order valence-electron chi connectivity index (χ0n) is 29.6. The molecule has 1 unspecified atom stereocenters. The summed E-state index contributed by atoms with van der Waals surface area (Å²) in [6.45, 7) is 6.17. The molecule has 6 nitrogen and oxygen atoms in total. The van der Waals surface area contributed by atoms with Crippen molar-refractivity contribution in [3.63, 3.8) is 0 Å². The first-order chi connectivity index (χ1) is 22.4. The van der Waals surface area contributed by atoms with Crippen molar-refractivity contribution >= 4 is 11.9 Å². The Kier molecular flexibility index (Phi) is 32.1. The predicted octanol–water partition coefficient (Wildman–Crippen LogP) is 10.1. The van der Waals surface area contributed by atoms with Crippen molar-refractivity contribution in [3.05, 3.63) is 60.8 Å². The number of esters is 2. The van der Waals surface area contributed by atoms with E-state index in [2.05, 4.69) is 57.2 Å². The maximum atomic E-state index is 12.1. The maximum Gasteiger partial charge on any atom is 0.306 e. The van der Waals surface area contributed by atoms with E-state index < -0.39 is 24.8 Å². The van der Waals surface area contributed by atoms with Crippen LogP contribution in [0.1, 0.15) is 149 Å². The van der Waals surface area contributed by atoms with E-state index in [-0.39, 0.29) is 19.0 Å². The van der Waals surface area contributed by atoms with Gasteiger partial charge in [-0.25, -0.2) is 0 Å². The van der Waals surface area contributed by atoms with E-state index in [1.54, 1.807) is 6.08 Å². The fourth-order valence-corrected chi connectivity index (χ4v) is 4.82. The van der Waals surface area contributed by atoms with Gasteiger partial charge in [-0.05, 0) is 50.9 Å². The lowest BCUT2D eigenvalue weighted by Gasteiger charge is -2.16. The lowest BCUT2D eigenvalue weighted by Crippen LogP contribution is -2.28. The molecule has 0 fully saturated rings. The molecule has 0 aliphatic heterocycles. The van der Waals surface area contributed by atoms with Gasteiger partial charge in [0, 0.05) is 12.8 Å². The largest absolute Gasteiger partial charge is 0.462 e. The van der Waals surface area contributed by atoms with Crippen molar-refractivity contribution in [2.75, 3.05) is 13.2 Å². The Morgan fingerprint density at radius 2 is 1.15 bits per heavy atom. The quantitative estimate of drug-likeness (QED) is 0.0338. The molecular formula is C40H68O6. The first kappa shape index (κ1) is 43.6. The van der Waals surface area contributed by atoms with Crippen molar-refractivity contribution in [2.45, 2.75) is 161 Å². The summed E-state index contributed by atoms with van der Waals surface area (Å²) in [5, 5.41) is 19.6. The third-order valence-corrected chi connectivity index (χ3v) is 7.61. The smallest absolute Gasteiger partial charge is 0.306 e. The highest BCUT2D eigenvalue weighted by atomic mass is 16.6. The van der Waals surface area contributed by atoms with Crippen LogP contribution in [0.25, 0.3) is 0 Å². The molecule has 0 spiro atoms.